The molecule has 0 spiro atoms. The number of thiazole rings is 1. The zero-order chi connectivity index (χ0) is 13.9. The summed E-state index contributed by atoms with van der Waals surface area (Å²) in [5.74, 6) is 0. The van der Waals surface area contributed by atoms with E-state index in [1.165, 1.54) is 0 Å². The molecular weight excluding hydrogens is 290 g/mol. The molecule has 0 radical (unpaired) electrons. The molecule has 20 heavy (non-hydrogen) atoms. The molecule has 0 unspecified atom stereocenters. The summed E-state index contributed by atoms with van der Waals surface area (Å²) >= 11 is 7.62. The van der Waals surface area contributed by atoms with Crippen LogP contribution in [0.5, 0.6) is 0 Å². The van der Waals surface area contributed by atoms with Crippen LogP contribution in [0.4, 0.5) is 10.8 Å². The Balaban J connectivity index is 1.84. The van der Waals surface area contributed by atoms with Crippen molar-refractivity contribution in [3.8, 4) is 11.3 Å². The van der Waals surface area contributed by atoms with Gasteiger partial charge in [0.2, 0.25) is 0 Å². The Kier molecular flexibility index (Phi) is 3.67. The topological polar surface area (TPSA) is 37.8 Å². The van der Waals surface area contributed by atoms with Crippen molar-refractivity contribution in [2.45, 2.75) is 6.92 Å². The van der Waals surface area contributed by atoms with E-state index in [1.807, 2.05) is 42.6 Å². The Morgan fingerprint density at radius 3 is 2.70 bits per heavy atom. The van der Waals surface area contributed by atoms with Gasteiger partial charge < -0.3 is 5.32 Å². The van der Waals surface area contributed by atoms with E-state index in [-0.39, 0.29) is 0 Å². The van der Waals surface area contributed by atoms with Gasteiger partial charge >= 0.3 is 0 Å². The summed E-state index contributed by atoms with van der Waals surface area (Å²) < 4.78 is 0. The number of pyridine rings is 1. The number of halogens is 1. The standard InChI is InChI=1S/C15H12ClN3S/c1-10-8-11(2-3-13(10)16)14-9-20-15(19-14)18-12-4-6-17-7-5-12/h2-9H,1H3,(H,17,18,19). The second-order valence-corrected chi connectivity index (χ2v) is 5.63. The number of hydrogen-bond acceptors (Lipinski definition) is 4. The maximum absolute atomic E-state index is 6.04. The van der Waals surface area contributed by atoms with E-state index >= 15 is 0 Å². The first-order chi connectivity index (χ1) is 9.72. The molecule has 0 bridgehead atoms. The molecule has 100 valence electrons. The van der Waals surface area contributed by atoms with Crippen LogP contribution in [0.3, 0.4) is 0 Å². The third kappa shape index (κ3) is 2.81. The molecule has 2 heterocycles. The SMILES string of the molecule is Cc1cc(-c2csc(Nc3ccncc3)n2)ccc1Cl. The molecule has 3 aromatic rings. The zero-order valence-corrected chi connectivity index (χ0v) is 12.4. The van der Waals surface area contributed by atoms with E-state index in [4.69, 9.17) is 11.6 Å². The van der Waals surface area contributed by atoms with Crippen molar-refractivity contribution in [1.29, 1.82) is 0 Å². The Morgan fingerprint density at radius 2 is 1.95 bits per heavy atom. The first-order valence-corrected chi connectivity index (χ1v) is 7.37. The average Bonchev–Trinajstić information content (AvgIpc) is 2.91. The molecule has 3 nitrogen and oxygen atoms in total. The molecular formula is C15H12ClN3S. The number of nitrogens with one attached hydrogen (secondary N) is 1. The van der Waals surface area contributed by atoms with E-state index in [9.17, 15) is 0 Å². The number of aryl methyl sites for hydroxylation is 1. The van der Waals surface area contributed by atoms with E-state index in [0.29, 0.717) is 0 Å². The molecule has 0 amide bonds. The van der Waals surface area contributed by atoms with Gasteiger partial charge in [-0.05, 0) is 36.8 Å². The van der Waals surface area contributed by atoms with Gasteiger partial charge in [-0.2, -0.15) is 0 Å². The molecule has 0 aliphatic heterocycles. The van der Waals surface area contributed by atoms with Crippen LogP contribution in [0.25, 0.3) is 11.3 Å². The van der Waals surface area contributed by atoms with Crippen LogP contribution in [0.15, 0.2) is 48.1 Å². The van der Waals surface area contributed by atoms with Gasteiger partial charge in [-0.1, -0.05) is 17.7 Å². The Labute approximate surface area is 126 Å². The lowest BCUT2D eigenvalue weighted by molar-refractivity contribution is 1.31. The van der Waals surface area contributed by atoms with Crippen molar-refractivity contribution < 1.29 is 0 Å². The van der Waals surface area contributed by atoms with Gasteiger partial charge in [0.1, 0.15) is 0 Å². The maximum Gasteiger partial charge on any atom is 0.187 e. The minimum absolute atomic E-state index is 0.777. The highest BCUT2D eigenvalue weighted by Crippen LogP contribution is 2.29. The summed E-state index contributed by atoms with van der Waals surface area (Å²) in [6.45, 7) is 1.99. The smallest absolute Gasteiger partial charge is 0.187 e. The second kappa shape index (κ2) is 5.61. The van der Waals surface area contributed by atoms with E-state index in [1.54, 1.807) is 23.7 Å². The summed E-state index contributed by atoms with van der Waals surface area (Å²) in [4.78, 5) is 8.58. The molecule has 3 rings (SSSR count). The molecule has 0 saturated heterocycles. The first-order valence-electron chi connectivity index (χ1n) is 6.11. The minimum atomic E-state index is 0.777. The van der Waals surface area contributed by atoms with Crippen LogP contribution in [-0.2, 0) is 0 Å². The summed E-state index contributed by atoms with van der Waals surface area (Å²) in [6, 6.07) is 9.76. The van der Waals surface area contributed by atoms with Gasteiger partial charge in [-0.25, -0.2) is 4.98 Å². The van der Waals surface area contributed by atoms with Crippen molar-refractivity contribution in [1.82, 2.24) is 9.97 Å². The first kappa shape index (κ1) is 13.1. The minimum Gasteiger partial charge on any atom is -0.331 e. The van der Waals surface area contributed by atoms with E-state index in [2.05, 4.69) is 15.3 Å². The lowest BCUT2D eigenvalue weighted by Crippen LogP contribution is -1.89. The van der Waals surface area contributed by atoms with Gasteiger partial charge in [0.15, 0.2) is 5.13 Å². The second-order valence-electron chi connectivity index (χ2n) is 4.36. The molecule has 0 aliphatic carbocycles. The lowest BCUT2D eigenvalue weighted by atomic mass is 10.1. The fraction of sp³-hybridized carbons (Fsp3) is 0.0667. The fourth-order valence-corrected chi connectivity index (χ4v) is 2.68. The molecule has 2 aromatic heterocycles. The number of benzene rings is 1. The molecule has 0 atom stereocenters. The van der Waals surface area contributed by atoms with Crippen LogP contribution in [0.2, 0.25) is 5.02 Å². The van der Waals surface area contributed by atoms with Crippen molar-refractivity contribution in [2.24, 2.45) is 0 Å². The molecule has 0 aliphatic rings. The lowest BCUT2D eigenvalue weighted by Gasteiger charge is -2.02. The van der Waals surface area contributed by atoms with Crippen LogP contribution >= 0.6 is 22.9 Å². The predicted octanol–water partition coefficient (Wildman–Crippen LogP) is 4.91. The van der Waals surface area contributed by atoms with Gasteiger partial charge in [0.05, 0.1) is 5.69 Å². The van der Waals surface area contributed by atoms with Crippen LogP contribution in [0.1, 0.15) is 5.56 Å². The van der Waals surface area contributed by atoms with Crippen molar-refractivity contribution in [3.63, 3.8) is 0 Å². The Morgan fingerprint density at radius 1 is 1.15 bits per heavy atom. The highest BCUT2D eigenvalue weighted by atomic mass is 35.5. The monoisotopic (exact) mass is 301 g/mol. The molecule has 5 heteroatoms. The summed E-state index contributed by atoms with van der Waals surface area (Å²) in [5.41, 5.74) is 4.06. The van der Waals surface area contributed by atoms with Gasteiger partial charge in [0, 0.05) is 34.0 Å². The molecule has 1 N–H and O–H groups in total. The Hall–Kier alpha value is -1.91. The van der Waals surface area contributed by atoms with Crippen molar-refractivity contribution in [2.75, 3.05) is 5.32 Å². The normalized spacial score (nSPS) is 10.5. The third-order valence-corrected chi connectivity index (χ3v) is 4.07. The number of aromatic nitrogens is 2. The molecule has 0 saturated carbocycles. The summed E-state index contributed by atoms with van der Waals surface area (Å²) in [5, 5.41) is 6.93. The number of hydrogen-bond donors (Lipinski definition) is 1. The predicted molar refractivity (Wildman–Crippen MR) is 84.8 cm³/mol. The molecule has 1 aromatic carbocycles. The number of rotatable bonds is 3. The van der Waals surface area contributed by atoms with Crippen molar-refractivity contribution in [3.05, 3.63) is 58.7 Å². The zero-order valence-electron chi connectivity index (χ0n) is 10.8. The maximum atomic E-state index is 6.04. The van der Waals surface area contributed by atoms with Gasteiger partial charge in [0.25, 0.3) is 0 Å². The van der Waals surface area contributed by atoms with Crippen LogP contribution < -0.4 is 5.32 Å². The van der Waals surface area contributed by atoms with E-state index < -0.39 is 0 Å². The average molecular weight is 302 g/mol. The highest BCUT2D eigenvalue weighted by Gasteiger charge is 2.06. The quantitative estimate of drug-likeness (QED) is 0.747. The molecule has 0 fully saturated rings. The van der Waals surface area contributed by atoms with Crippen molar-refractivity contribution >= 4 is 33.8 Å². The summed E-state index contributed by atoms with van der Waals surface area (Å²) in [7, 11) is 0. The van der Waals surface area contributed by atoms with Crippen LogP contribution in [0, 0.1) is 6.92 Å². The van der Waals surface area contributed by atoms with Crippen LogP contribution in [-0.4, -0.2) is 9.97 Å². The third-order valence-electron chi connectivity index (χ3n) is 2.89. The van der Waals surface area contributed by atoms with E-state index in [0.717, 1.165) is 32.7 Å². The number of anilines is 2. The fourth-order valence-electron chi connectivity index (χ4n) is 1.83. The van der Waals surface area contributed by atoms with Gasteiger partial charge in [-0.3, -0.25) is 4.98 Å². The number of nitrogens with zero attached hydrogens (tertiary/aromatic N) is 2. The largest absolute Gasteiger partial charge is 0.331 e. The Bertz CT molecular complexity index is 725. The van der Waals surface area contributed by atoms with Gasteiger partial charge in [-0.15, -0.1) is 11.3 Å². The highest BCUT2D eigenvalue weighted by molar-refractivity contribution is 7.14. The summed E-state index contributed by atoms with van der Waals surface area (Å²) in [6.07, 6.45) is 3.50.